The zero-order valence-corrected chi connectivity index (χ0v) is 13.2. The third kappa shape index (κ3) is 264. The molecule has 0 atom stereocenters. The first kappa shape index (κ1) is 24.0. The van der Waals surface area contributed by atoms with Gasteiger partial charge < -0.3 is 38.5 Å². The molecular formula is BaO8P2Ti. The zero-order valence-electron chi connectivity index (χ0n) is 5.37. The van der Waals surface area contributed by atoms with E-state index < -0.39 is 15.6 Å². The van der Waals surface area contributed by atoms with Crippen LogP contribution in [0.15, 0.2) is 0 Å². The van der Waals surface area contributed by atoms with Gasteiger partial charge in [0.15, 0.2) is 0 Å². The molecule has 12 heteroatoms. The minimum atomic E-state index is -5.39. The monoisotopic (exact) mass is 376 g/mol. The second-order valence-electron chi connectivity index (χ2n) is 0.894. The van der Waals surface area contributed by atoms with E-state index in [4.69, 9.17) is 38.5 Å². The van der Waals surface area contributed by atoms with Gasteiger partial charge in [-0.05, 0) is 0 Å². The van der Waals surface area contributed by atoms with E-state index >= 15 is 0 Å². The Balaban J connectivity index is -0.0000000457. The van der Waals surface area contributed by atoms with Gasteiger partial charge in [-0.15, -0.1) is 0 Å². The van der Waals surface area contributed by atoms with E-state index in [1.807, 2.05) is 0 Å². The maximum Gasteiger partial charge on any atom is 4.00 e. The molecule has 0 spiro atoms. The first-order valence-electron chi connectivity index (χ1n) is 1.46. The number of hydrogen-bond donors (Lipinski definition) is 0. The van der Waals surface area contributed by atoms with Crippen molar-refractivity contribution in [2.45, 2.75) is 0 Å². The molecule has 0 radical (unpaired) electrons. The third-order valence-electron chi connectivity index (χ3n) is 0. The molecule has 0 fully saturated rings. The van der Waals surface area contributed by atoms with Crippen LogP contribution in [0.5, 0.6) is 0 Å². The van der Waals surface area contributed by atoms with Crippen molar-refractivity contribution < 1.29 is 60.2 Å². The molecule has 12 heavy (non-hydrogen) atoms. The van der Waals surface area contributed by atoms with Crippen molar-refractivity contribution in [2.24, 2.45) is 0 Å². The molecule has 0 amide bonds. The summed E-state index contributed by atoms with van der Waals surface area (Å²) in [4.78, 5) is 51.3. The van der Waals surface area contributed by atoms with Crippen molar-refractivity contribution in [2.75, 3.05) is 0 Å². The van der Waals surface area contributed by atoms with Crippen molar-refractivity contribution in [1.29, 1.82) is 0 Å². The Labute approximate surface area is 123 Å². The van der Waals surface area contributed by atoms with Crippen molar-refractivity contribution >= 4 is 64.5 Å². The first-order valence-corrected chi connectivity index (χ1v) is 4.38. The minimum Gasteiger partial charge on any atom is -0.822 e. The molecule has 0 aliphatic carbocycles. The largest absolute Gasteiger partial charge is 4.00 e. The van der Waals surface area contributed by atoms with Crippen LogP contribution in [0.2, 0.25) is 0 Å². The van der Waals surface area contributed by atoms with Crippen molar-refractivity contribution in [3.8, 4) is 0 Å². The van der Waals surface area contributed by atoms with E-state index in [0.29, 0.717) is 0 Å². The van der Waals surface area contributed by atoms with Crippen LogP contribution < -0.4 is 29.4 Å². The van der Waals surface area contributed by atoms with Crippen LogP contribution in [-0.2, 0) is 30.8 Å². The molecule has 8 nitrogen and oxygen atoms in total. The van der Waals surface area contributed by atoms with E-state index in [9.17, 15) is 0 Å². The maximum absolute atomic E-state index is 8.55. The van der Waals surface area contributed by atoms with Gasteiger partial charge in [-0.2, -0.15) is 15.6 Å². The molecule has 0 saturated heterocycles. The molecule has 0 aromatic rings. The molecule has 0 aromatic carbocycles. The van der Waals surface area contributed by atoms with Gasteiger partial charge in [-0.3, -0.25) is 0 Å². The van der Waals surface area contributed by atoms with Gasteiger partial charge in [0.1, 0.15) is 0 Å². The summed E-state index contributed by atoms with van der Waals surface area (Å²) in [5.41, 5.74) is 0. The summed E-state index contributed by atoms with van der Waals surface area (Å²) in [5, 5.41) is 0. The Hall–Kier alpha value is 2.51. The number of rotatable bonds is 0. The molecule has 0 rings (SSSR count). The summed E-state index contributed by atoms with van der Waals surface area (Å²) >= 11 is 0. The van der Waals surface area contributed by atoms with E-state index in [2.05, 4.69) is 0 Å². The Morgan fingerprint density at radius 1 is 0.667 bits per heavy atom. The van der Waals surface area contributed by atoms with Crippen LogP contribution in [0.4, 0.5) is 0 Å². The second-order valence-corrected chi connectivity index (χ2v) is 2.68. The summed E-state index contributed by atoms with van der Waals surface area (Å²) in [5.74, 6) is 0. The van der Waals surface area contributed by atoms with Crippen LogP contribution in [-0.4, -0.2) is 48.9 Å². The van der Waals surface area contributed by atoms with Gasteiger partial charge >= 0.3 is 70.6 Å². The van der Waals surface area contributed by atoms with Crippen LogP contribution in [0.25, 0.3) is 0 Å². The fourth-order valence-electron chi connectivity index (χ4n) is 0. The summed E-state index contributed by atoms with van der Waals surface area (Å²) in [6.07, 6.45) is 0. The van der Waals surface area contributed by atoms with E-state index in [1.165, 1.54) is 0 Å². The van der Waals surface area contributed by atoms with Gasteiger partial charge in [0.25, 0.3) is 0 Å². The Kier molecular flexibility index (Phi) is 20.1. The molecule has 64 valence electrons. The summed E-state index contributed by atoms with van der Waals surface area (Å²) in [7, 11) is -10.8. The molecule has 0 aromatic heterocycles. The van der Waals surface area contributed by atoms with Gasteiger partial charge in [-0.1, -0.05) is 0 Å². The van der Waals surface area contributed by atoms with Crippen LogP contribution >= 0.6 is 15.6 Å². The summed E-state index contributed by atoms with van der Waals surface area (Å²) in [6, 6.07) is 0. The van der Waals surface area contributed by atoms with Crippen molar-refractivity contribution in [3.63, 3.8) is 0 Å². The van der Waals surface area contributed by atoms with Crippen LogP contribution in [0.1, 0.15) is 0 Å². The molecule has 0 unspecified atom stereocenters. The van der Waals surface area contributed by atoms with Crippen LogP contribution in [0, 0.1) is 0 Å². The molecule has 0 saturated carbocycles. The molecule has 0 aliphatic heterocycles. The second kappa shape index (κ2) is 10.0. The fourth-order valence-corrected chi connectivity index (χ4v) is 0. The van der Waals surface area contributed by atoms with Crippen molar-refractivity contribution in [3.05, 3.63) is 0 Å². The molecular weight excluding hydrogens is 375 g/mol. The van der Waals surface area contributed by atoms with Gasteiger partial charge in [-0.25, -0.2) is 0 Å². The average molecular weight is 375 g/mol. The Morgan fingerprint density at radius 3 is 0.667 bits per heavy atom. The Morgan fingerprint density at radius 2 is 0.667 bits per heavy atom. The molecule has 0 N–H and O–H groups in total. The molecule has 0 heterocycles. The van der Waals surface area contributed by atoms with Crippen molar-refractivity contribution in [1.82, 2.24) is 0 Å². The first-order chi connectivity index (χ1) is 4.00. The normalized spacial score (nSPS) is 9.83. The summed E-state index contributed by atoms with van der Waals surface area (Å²) < 4.78 is 17.1. The SMILES string of the molecule is O=P([O-])([O-])[O-].O=P([O-])([O-])[O-].[Ba+2].[Ti+4]. The summed E-state index contributed by atoms with van der Waals surface area (Å²) in [6.45, 7) is 0. The predicted molar refractivity (Wildman–Crippen MR) is 21.0 cm³/mol. The van der Waals surface area contributed by atoms with Gasteiger partial charge in [0, 0.05) is 0 Å². The van der Waals surface area contributed by atoms with Gasteiger partial charge in [0.05, 0.1) is 0 Å². The van der Waals surface area contributed by atoms with Crippen LogP contribution in [0.3, 0.4) is 0 Å². The third-order valence-corrected chi connectivity index (χ3v) is 0. The van der Waals surface area contributed by atoms with E-state index in [0.717, 1.165) is 0 Å². The number of hydrogen-bond acceptors (Lipinski definition) is 8. The average Bonchev–Trinajstić information content (AvgIpc) is 1.12. The Bertz CT molecular complexity index is 129. The molecule has 0 aliphatic rings. The predicted octanol–water partition coefficient (Wildman–Crippen LogP) is -6.03. The standard InChI is InChI=1S/Ba.2H3O4P.Ti/c;2*1-5(2,3)4;/h;2*(H3,1,2,3,4);/q+2;;;+4/p-6. The minimum absolute atomic E-state index is 0. The topological polar surface area (TPSA) is 172 Å². The quantitative estimate of drug-likeness (QED) is 0.297. The fraction of sp³-hybridized carbons (Fsp3) is 0. The van der Waals surface area contributed by atoms with E-state index in [1.54, 1.807) is 0 Å². The maximum atomic E-state index is 8.55. The molecule has 0 bridgehead atoms. The number of phosphoric acid groups is 2. The van der Waals surface area contributed by atoms with E-state index in [-0.39, 0.29) is 70.6 Å². The zero-order chi connectivity index (χ0) is 9.00. The van der Waals surface area contributed by atoms with Gasteiger partial charge in [0.2, 0.25) is 0 Å². The smallest absolute Gasteiger partial charge is 0.822 e.